The minimum atomic E-state index is -0.475. The van der Waals surface area contributed by atoms with Crippen LogP contribution in [0.1, 0.15) is 13.8 Å². The van der Waals surface area contributed by atoms with Crippen molar-refractivity contribution >= 4 is 0 Å². The lowest BCUT2D eigenvalue weighted by molar-refractivity contribution is 0.368. The number of para-hydroxylation sites is 1. The van der Waals surface area contributed by atoms with Crippen molar-refractivity contribution in [3.63, 3.8) is 0 Å². The van der Waals surface area contributed by atoms with E-state index in [4.69, 9.17) is 15.3 Å². The molecule has 0 saturated heterocycles. The van der Waals surface area contributed by atoms with E-state index in [0.29, 0.717) is 0 Å². The third kappa shape index (κ3) is 4.06. The topological polar surface area (TPSA) is 60.7 Å². The van der Waals surface area contributed by atoms with Crippen LogP contribution in [-0.2, 0) is 0 Å². The van der Waals surface area contributed by atoms with Crippen LogP contribution < -0.4 is 0 Å². The summed E-state index contributed by atoms with van der Waals surface area (Å²) in [5.74, 6) is -1.09. The second-order valence-corrected chi connectivity index (χ2v) is 2.31. The number of phenolic OH excluding ortho intramolecular Hbond substituents is 3. The minimum Gasteiger partial charge on any atom is -0.504 e. The first kappa shape index (κ1) is 11.4. The van der Waals surface area contributed by atoms with E-state index >= 15 is 0 Å². The molecule has 3 N–H and O–H groups in total. The maximum Gasteiger partial charge on any atom is 0.200 e. The van der Waals surface area contributed by atoms with Crippen molar-refractivity contribution in [1.29, 1.82) is 0 Å². The molecule has 0 aromatic heterocycles. The normalized spacial score (nSPS) is 9.38. The molecule has 1 aromatic rings. The molecule has 1 aromatic carbocycles. The summed E-state index contributed by atoms with van der Waals surface area (Å²) in [7, 11) is 0. The Balaban J connectivity index is 0.000000310. The van der Waals surface area contributed by atoms with E-state index in [-0.39, 0.29) is 11.5 Å². The van der Waals surface area contributed by atoms with Gasteiger partial charge in [-0.05, 0) is 26.0 Å². The van der Waals surface area contributed by atoms with Gasteiger partial charge in [-0.1, -0.05) is 18.2 Å². The summed E-state index contributed by atoms with van der Waals surface area (Å²) < 4.78 is 0. The number of hydrogen-bond donors (Lipinski definition) is 3. The zero-order valence-electron chi connectivity index (χ0n) is 7.73. The van der Waals surface area contributed by atoms with Gasteiger partial charge in [0.2, 0.25) is 0 Å². The number of rotatable bonds is 0. The molecule has 0 aliphatic rings. The molecular weight excluding hydrogens is 168 g/mol. The molecule has 0 atom stereocenters. The van der Waals surface area contributed by atoms with E-state index in [1.807, 2.05) is 26.0 Å². The Bertz CT molecular complexity index is 255. The Morgan fingerprint density at radius 2 is 1.31 bits per heavy atom. The van der Waals surface area contributed by atoms with Gasteiger partial charge in [-0.3, -0.25) is 0 Å². The SMILES string of the molecule is C/C=C/C.Oc1cccc(O)c1O. The number of benzene rings is 1. The first-order chi connectivity index (χ1) is 6.13. The summed E-state index contributed by atoms with van der Waals surface area (Å²) >= 11 is 0. The van der Waals surface area contributed by atoms with Gasteiger partial charge in [-0.25, -0.2) is 0 Å². The van der Waals surface area contributed by atoms with E-state index in [0.717, 1.165) is 0 Å². The molecule has 72 valence electrons. The van der Waals surface area contributed by atoms with Gasteiger partial charge in [-0.15, -0.1) is 0 Å². The molecule has 1 rings (SSSR count). The van der Waals surface area contributed by atoms with Crippen LogP contribution >= 0.6 is 0 Å². The fraction of sp³-hybridized carbons (Fsp3) is 0.200. The zero-order valence-corrected chi connectivity index (χ0v) is 7.73. The van der Waals surface area contributed by atoms with E-state index in [1.54, 1.807) is 0 Å². The van der Waals surface area contributed by atoms with Crippen LogP contribution in [0.4, 0.5) is 0 Å². The fourth-order valence-corrected chi connectivity index (χ4v) is 0.519. The second kappa shape index (κ2) is 5.94. The van der Waals surface area contributed by atoms with Gasteiger partial charge in [0.25, 0.3) is 0 Å². The standard InChI is InChI=1S/C6H6O3.C4H8/c7-4-2-1-3-5(8)6(4)9;1-3-4-2/h1-3,7-9H;3-4H,1-2H3/b;4-3+. The average molecular weight is 182 g/mol. The van der Waals surface area contributed by atoms with Gasteiger partial charge in [-0.2, -0.15) is 0 Å². The first-order valence-electron chi connectivity index (χ1n) is 3.90. The first-order valence-corrected chi connectivity index (χ1v) is 3.90. The molecule has 0 saturated carbocycles. The maximum absolute atomic E-state index is 8.71. The Kier molecular flexibility index (Phi) is 5.19. The lowest BCUT2D eigenvalue weighted by Gasteiger charge is -1.96. The molecule has 0 unspecified atom stereocenters. The van der Waals surface area contributed by atoms with Crippen LogP contribution in [0.3, 0.4) is 0 Å². The van der Waals surface area contributed by atoms with Crippen molar-refractivity contribution < 1.29 is 15.3 Å². The largest absolute Gasteiger partial charge is 0.504 e. The van der Waals surface area contributed by atoms with Gasteiger partial charge in [0, 0.05) is 0 Å². The van der Waals surface area contributed by atoms with Crippen molar-refractivity contribution in [3.8, 4) is 17.2 Å². The molecular formula is C10H14O3. The van der Waals surface area contributed by atoms with Crippen LogP contribution in [0.25, 0.3) is 0 Å². The van der Waals surface area contributed by atoms with E-state index in [9.17, 15) is 0 Å². The van der Waals surface area contributed by atoms with Crippen molar-refractivity contribution in [1.82, 2.24) is 0 Å². The van der Waals surface area contributed by atoms with E-state index in [2.05, 4.69) is 0 Å². The third-order valence-electron chi connectivity index (χ3n) is 1.33. The highest BCUT2D eigenvalue weighted by Gasteiger charge is 2.00. The summed E-state index contributed by atoms with van der Waals surface area (Å²) in [6, 6.07) is 4.01. The Morgan fingerprint density at radius 1 is 0.923 bits per heavy atom. The second-order valence-electron chi connectivity index (χ2n) is 2.31. The summed E-state index contributed by atoms with van der Waals surface area (Å²) in [5, 5.41) is 26.1. The Labute approximate surface area is 77.6 Å². The molecule has 0 radical (unpaired) electrons. The summed E-state index contributed by atoms with van der Waals surface area (Å²) in [6.07, 6.45) is 4.00. The summed E-state index contributed by atoms with van der Waals surface area (Å²) in [6.45, 7) is 4.00. The molecule has 3 nitrogen and oxygen atoms in total. The van der Waals surface area contributed by atoms with Crippen LogP contribution in [-0.4, -0.2) is 15.3 Å². The number of allylic oxidation sites excluding steroid dienone is 2. The average Bonchev–Trinajstić information content (AvgIpc) is 2.14. The third-order valence-corrected chi connectivity index (χ3v) is 1.33. The van der Waals surface area contributed by atoms with Crippen molar-refractivity contribution in [2.24, 2.45) is 0 Å². The fourth-order valence-electron chi connectivity index (χ4n) is 0.519. The van der Waals surface area contributed by atoms with Gasteiger partial charge >= 0.3 is 0 Å². The van der Waals surface area contributed by atoms with E-state index < -0.39 is 5.75 Å². The van der Waals surface area contributed by atoms with Gasteiger partial charge in [0.15, 0.2) is 17.2 Å². The highest BCUT2D eigenvalue weighted by molar-refractivity contribution is 5.47. The molecule has 0 heterocycles. The highest BCUT2D eigenvalue weighted by atomic mass is 16.3. The summed E-state index contributed by atoms with van der Waals surface area (Å²) in [5.41, 5.74) is 0. The molecule has 0 aliphatic heterocycles. The monoisotopic (exact) mass is 182 g/mol. The van der Waals surface area contributed by atoms with Crippen molar-refractivity contribution in [2.45, 2.75) is 13.8 Å². The maximum atomic E-state index is 8.71. The Morgan fingerprint density at radius 3 is 1.54 bits per heavy atom. The number of phenols is 3. The molecule has 0 bridgehead atoms. The van der Waals surface area contributed by atoms with Gasteiger partial charge in [0.1, 0.15) is 0 Å². The summed E-state index contributed by atoms with van der Waals surface area (Å²) in [4.78, 5) is 0. The molecule has 13 heavy (non-hydrogen) atoms. The molecule has 0 fully saturated rings. The van der Waals surface area contributed by atoms with Crippen molar-refractivity contribution in [2.75, 3.05) is 0 Å². The number of hydrogen-bond acceptors (Lipinski definition) is 3. The lowest BCUT2D eigenvalue weighted by atomic mass is 10.3. The predicted octanol–water partition coefficient (Wildman–Crippen LogP) is 2.39. The van der Waals surface area contributed by atoms with Crippen molar-refractivity contribution in [3.05, 3.63) is 30.4 Å². The molecule has 0 spiro atoms. The van der Waals surface area contributed by atoms with Crippen LogP contribution in [0.2, 0.25) is 0 Å². The lowest BCUT2D eigenvalue weighted by Crippen LogP contribution is -1.67. The van der Waals surface area contributed by atoms with E-state index in [1.165, 1.54) is 18.2 Å². The van der Waals surface area contributed by atoms with Gasteiger partial charge < -0.3 is 15.3 Å². The van der Waals surface area contributed by atoms with Crippen LogP contribution in [0, 0.1) is 0 Å². The van der Waals surface area contributed by atoms with Gasteiger partial charge in [0.05, 0.1) is 0 Å². The van der Waals surface area contributed by atoms with Crippen LogP contribution in [0.5, 0.6) is 17.2 Å². The number of aromatic hydroxyl groups is 3. The quantitative estimate of drug-likeness (QED) is 0.426. The smallest absolute Gasteiger partial charge is 0.200 e. The molecule has 3 heteroatoms. The Hall–Kier alpha value is -1.64. The molecule has 0 aliphatic carbocycles. The zero-order chi connectivity index (χ0) is 10.3. The highest BCUT2D eigenvalue weighted by Crippen LogP contribution is 2.32. The minimum absolute atomic E-state index is 0.310. The predicted molar refractivity (Wildman–Crippen MR) is 51.9 cm³/mol. The van der Waals surface area contributed by atoms with Crippen LogP contribution in [0.15, 0.2) is 30.4 Å². The molecule has 0 amide bonds.